The van der Waals surface area contributed by atoms with Gasteiger partial charge in [0.2, 0.25) is 5.43 Å². The largest absolute Gasteiger partial charge is 0.465 e. The van der Waals surface area contributed by atoms with E-state index in [0.717, 1.165) is 0 Å². The summed E-state index contributed by atoms with van der Waals surface area (Å²) in [6.07, 6.45) is 0. The van der Waals surface area contributed by atoms with Crippen LogP contribution in [-0.4, -0.2) is 26.2 Å². The van der Waals surface area contributed by atoms with Crippen molar-refractivity contribution in [2.75, 3.05) is 14.2 Å². The summed E-state index contributed by atoms with van der Waals surface area (Å²) >= 11 is 0. The van der Waals surface area contributed by atoms with Gasteiger partial charge in [0, 0.05) is 0 Å². The highest BCUT2D eigenvalue weighted by molar-refractivity contribution is 6.04. The second-order valence-electron chi connectivity index (χ2n) is 4.81. The van der Waals surface area contributed by atoms with Gasteiger partial charge in [0.25, 0.3) is 0 Å². The summed E-state index contributed by atoms with van der Waals surface area (Å²) in [7, 11) is 2.51. The van der Waals surface area contributed by atoms with Crippen LogP contribution in [0.5, 0.6) is 0 Å². The van der Waals surface area contributed by atoms with Crippen LogP contribution in [0.25, 0.3) is 21.9 Å². The van der Waals surface area contributed by atoms with Crippen LogP contribution in [0, 0.1) is 0 Å². The molecule has 0 fully saturated rings. The fourth-order valence-electron chi connectivity index (χ4n) is 2.39. The molecule has 23 heavy (non-hydrogen) atoms. The van der Waals surface area contributed by atoms with Gasteiger partial charge in [-0.15, -0.1) is 0 Å². The number of fused-ring (bicyclic) bond motifs is 2. The zero-order valence-electron chi connectivity index (χ0n) is 12.4. The van der Waals surface area contributed by atoms with Gasteiger partial charge in [-0.1, -0.05) is 6.07 Å². The number of carbonyl (C=O) groups is 2. The summed E-state index contributed by atoms with van der Waals surface area (Å²) in [6.45, 7) is 0. The molecule has 0 aliphatic heterocycles. The summed E-state index contributed by atoms with van der Waals surface area (Å²) in [5.74, 6) is -1.14. The van der Waals surface area contributed by atoms with Crippen molar-refractivity contribution in [1.29, 1.82) is 0 Å². The predicted octanol–water partition coefficient (Wildman–Crippen LogP) is 2.52. The quantitative estimate of drug-likeness (QED) is 0.534. The van der Waals surface area contributed by atoms with Crippen LogP contribution in [-0.2, 0) is 9.47 Å². The molecule has 1 aromatic heterocycles. The van der Waals surface area contributed by atoms with Crippen molar-refractivity contribution in [2.45, 2.75) is 0 Å². The monoisotopic (exact) mass is 312 g/mol. The molecule has 0 amide bonds. The van der Waals surface area contributed by atoms with E-state index in [0.29, 0.717) is 0 Å². The minimum Gasteiger partial charge on any atom is -0.465 e. The molecule has 0 saturated carbocycles. The number of hydrogen-bond acceptors (Lipinski definition) is 6. The predicted molar refractivity (Wildman–Crippen MR) is 82.7 cm³/mol. The Kier molecular flexibility index (Phi) is 3.57. The Bertz CT molecular complexity index is 992. The van der Waals surface area contributed by atoms with Crippen LogP contribution in [0.4, 0.5) is 0 Å². The molecule has 3 aromatic rings. The van der Waals surface area contributed by atoms with Crippen LogP contribution in [0.1, 0.15) is 20.7 Å². The lowest BCUT2D eigenvalue weighted by Crippen LogP contribution is -2.08. The van der Waals surface area contributed by atoms with Crippen LogP contribution in [0.3, 0.4) is 0 Å². The molecule has 0 aliphatic rings. The zero-order valence-corrected chi connectivity index (χ0v) is 12.4. The number of esters is 2. The minimum atomic E-state index is -0.593. The van der Waals surface area contributed by atoms with Gasteiger partial charge in [0.1, 0.15) is 11.1 Å². The number of ether oxygens (including phenoxy) is 2. The third-order valence-electron chi connectivity index (χ3n) is 3.52. The molecule has 2 aromatic carbocycles. The maximum absolute atomic E-state index is 12.7. The number of methoxy groups -OCH3 is 2. The van der Waals surface area contributed by atoms with E-state index >= 15 is 0 Å². The first kappa shape index (κ1) is 14.8. The Hall–Kier alpha value is -3.15. The lowest BCUT2D eigenvalue weighted by molar-refractivity contribution is 0.0592. The molecule has 0 aliphatic carbocycles. The van der Waals surface area contributed by atoms with E-state index in [1.165, 1.54) is 38.5 Å². The van der Waals surface area contributed by atoms with Crippen LogP contribution in [0.15, 0.2) is 45.6 Å². The zero-order chi connectivity index (χ0) is 16.6. The van der Waals surface area contributed by atoms with Crippen molar-refractivity contribution in [1.82, 2.24) is 0 Å². The van der Waals surface area contributed by atoms with Crippen molar-refractivity contribution in [3.8, 4) is 0 Å². The average Bonchev–Trinajstić information content (AvgIpc) is 2.60. The normalized spacial score (nSPS) is 10.7. The first-order valence-corrected chi connectivity index (χ1v) is 6.73. The van der Waals surface area contributed by atoms with Crippen molar-refractivity contribution in [2.24, 2.45) is 0 Å². The Morgan fingerprint density at radius 2 is 1.70 bits per heavy atom. The van der Waals surface area contributed by atoms with Crippen LogP contribution in [0.2, 0.25) is 0 Å². The highest BCUT2D eigenvalue weighted by Crippen LogP contribution is 2.23. The molecule has 0 radical (unpaired) electrons. The van der Waals surface area contributed by atoms with Gasteiger partial charge in [0.15, 0.2) is 5.58 Å². The summed E-state index contributed by atoms with van der Waals surface area (Å²) in [5, 5.41) is 0.477. The molecule has 0 bridgehead atoms. The molecule has 6 heteroatoms. The van der Waals surface area contributed by atoms with Gasteiger partial charge in [-0.25, -0.2) is 9.59 Å². The second kappa shape index (κ2) is 5.57. The standard InChI is InChI=1S/C17H12O6/c1-21-16(19)9-6-7-13-12(8-9)14(18)10-4-3-5-11(15(10)23-13)17(20)22-2/h3-8H,1-2H3. The fourth-order valence-corrected chi connectivity index (χ4v) is 2.39. The molecule has 1 heterocycles. The molecule has 116 valence electrons. The van der Waals surface area contributed by atoms with Crippen molar-refractivity contribution in [3.05, 3.63) is 57.7 Å². The van der Waals surface area contributed by atoms with Crippen molar-refractivity contribution >= 4 is 33.9 Å². The van der Waals surface area contributed by atoms with E-state index in [9.17, 15) is 14.4 Å². The maximum Gasteiger partial charge on any atom is 0.341 e. The molecular formula is C17H12O6. The Labute approximate surface area is 130 Å². The van der Waals surface area contributed by atoms with Gasteiger partial charge in [-0.05, 0) is 30.3 Å². The molecule has 0 N–H and O–H groups in total. The van der Waals surface area contributed by atoms with Crippen LogP contribution >= 0.6 is 0 Å². The van der Waals surface area contributed by atoms with Crippen LogP contribution < -0.4 is 5.43 Å². The number of rotatable bonds is 2. The fraction of sp³-hybridized carbons (Fsp3) is 0.118. The lowest BCUT2D eigenvalue weighted by atomic mass is 10.1. The van der Waals surface area contributed by atoms with Gasteiger partial charge < -0.3 is 13.9 Å². The van der Waals surface area contributed by atoms with E-state index in [-0.39, 0.29) is 38.5 Å². The van der Waals surface area contributed by atoms with Gasteiger partial charge in [-0.2, -0.15) is 0 Å². The second-order valence-corrected chi connectivity index (χ2v) is 4.81. The van der Waals surface area contributed by atoms with E-state index in [1.807, 2.05) is 0 Å². The summed E-state index contributed by atoms with van der Waals surface area (Å²) in [6, 6.07) is 9.04. The third kappa shape index (κ3) is 2.34. The highest BCUT2D eigenvalue weighted by Gasteiger charge is 2.17. The number of hydrogen-bond donors (Lipinski definition) is 0. The van der Waals surface area contributed by atoms with E-state index in [2.05, 4.69) is 4.74 Å². The first-order chi connectivity index (χ1) is 11.1. The maximum atomic E-state index is 12.7. The van der Waals surface area contributed by atoms with Gasteiger partial charge in [0.05, 0.1) is 30.6 Å². The van der Waals surface area contributed by atoms with Gasteiger partial charge in [-0.3, -0.25) is 4.79 Å². The molecule has 0 spiro atoms. The Balaban J connectivity index is 2.38. The average molecular weight is 312 g/mol. The summed E-state index contributed by atoms with van der Waals surface area (Å²) in [5.41, 5.74) is 0.503. The Morgan fingerprint density at radius 3 is 2.39 bits per heavy atom. The third-order valence-corrected chi connectivity index (χ3v) is 3.52. The minimum absolute atomic E-state index is 0.155. The van der Waals surface area contributed by atoms with E-state index in [1.54, 1.807) is 12.1 Å². The molecule has 6 nitrogen and oxygen atoms in total. The molecule has 0 atom stereocenters. The van der Waals surface area contributed by atoms with Gasteiger partial charge >= 0.3 is 11.9 Å². The van der Waals surface area contributed by atoms with Crippen molar-refractivity contribution in [3.63, 3.8) is 0 Å². The first-order valence-electron chi connectivity index (χ1n) is 6.73. The van der Waals surface area contributed by atoms with E-state index in [4.69, 9.17) is 9.15 Å². The topological polar surface area (TPSA) is 82.8 Å². The smallest absolute Gasteiger partial charge is 0.341 e. The molecular weight excluding hydrogens is 300 g/mol. The lowest BCUT2D eigenvalue weighted by Gasteiger charge is -2.06. The summed E-state index contributed by atoms with van der Waals surface area (Å²) in [4.78, 5) is 36.1. The molecule has 3 rings (SSSR count). The Morgan fingerprint density at radius 1 is 0.957 bits per heavy atom. The summed E-state index contributed by atoms with van der Waals surface area (Å²) < 4.78 is 15.0. The molecule has 0 unspecified atom stereocenters. The number of benzene rings is 2. The number of carbonyl (C=O) groups excluding carboxylic acids is 2. The molecule has 0 saturated heterocycles. The van der Waals surface area contributed by atoms with E-state index < -0.39 is 11.9 Å². The highest BCUT2D eigenvalue weighted by atomic mass is 16.5. The number of para-hydroxylation sites is 1. The SMILES string of the molecule is COC(=O)c1ccc2oc3c(C(=O)OC)cccc3c(=O)c2c1. The van der Waals surface area contributed by atoms with Crippen molar-refractivity contribution < 1.29 is 23.5 Å².